The predicted molar refractivity (Wildman–Crippen MR) is 104 cm³/mol. The Morgan fingerprint density at radius 2 is 1.79 bits per heavy atom. The Morgan fingerprint density at radius 1 is 1.12 bits per heavy atom. The van der Waals surface area contributed by atoms with Gasteiger partial charge in [-0.25, -0.2) is 0 Å². The van der Waals surface area contributed by atoms with Gasteiger partial charge in [-0.3, -0.25) is 4.79 Å². The molecule has 142 valence electrons. The number of carbonyl (C=O) groups is 1. The van der Waals surface area contributed by atoms with Crippen molar-refractivity contribution < 1.29 is 4.79 Å². The molecular weight excluding hydrogens is 345 g/mol. The first kappa shape index (κ1) is 22.0. The number of rotatable bonds is 6. The van der Waals surface area contributed by atoms with Crippen molar-refractivity contribution in [2.75, 3.05) is 26.2 Å². The van der Waals surface area contributed by atoms with Crippen LogP contribution in [0.4, 0.5) is 0 Å². The van der Waals surface area contributed by atoms with Gasteiger partial charge in [0.1, 0.15) is 0 Å². The first-order valence-electron chi connectivity index (χ1n) is 9.33. The van der Waals surface area contributed by atoms with Crippen LogP contribution < -0.4 is 10.6 Å². The highest BCUT2D eigenvalue weighted by Gasteiger charge is 2.34. The minimum Gasteiger partial charge on any atom is -0.356 e. The first-order valence-corrected chi connectivity index (χ1v) is 9.33. The molecule has 3 aliphatic rings. The molecule has 0 spiro atoms. The molecule has 3 fully saturated rings. The SMILES string of the molecule is CC(C)CN1CCC(CNC(=O)CC2CC3CCC(C2)N3)C1.Cl.Cl. The fourth-order valence-electron chi connectivity index (χ4n) is 4.70. The van der Waals surface area contributed by atoms with Crippen molar-refractivity contribution in [3.8, 4) is 0 Å². The van der Waals surface area contributed by atoms with Gasteiger partial charge in [-0.2, -0.15) is 0 Å². The monoisotopic (exact) mass is 379 g/mol. The highest BCUT2D eigenvalue weighted by Crippen LogP contribution is 2.32. The summed E-state index contributed by atoms with van der Waals surface area (Å²) in [6.07, 6.45) is 7.03. The maximum absolute atomic E-state index is 12.2. The summed E-state index contributed by atoms with van der Waals surface area (Å²) in [6, 6.07) is 1.38. The molecule has 6 heteroatoms. The Labute approximate surface area is 159 Å². The van der Waals surface area contributed by atoms with Crippen molar-refractivity contribution in [1.82, 2.24) is 15.5 Å². The highest BCUT2D eigenvalue weighted by molar-refractivity contribution is 5.85. The lowest BCUT2D eigenvalue weighted by Crippen LogP contribution is -2.40. The van der Waals surface area contributed by atoms with E-state index in [0.717, 1.165) is 25.4 Å². The smallest absolute Gasteiger partial charge is 0.220 e. The maximum Gasteiger partial charge on any atom is 0.220 e. The van der Waals surface area contributed by atoms with Gasteiger partial charge in [-0.05, 0) is 56.4 Å². The lowest BCUT2D eigenvalue weighted by atomic mass is 9.89. The van der Waals surface area contributed by atoms with Crippen LogP contribution in [0.5, 0.6) is 0 Å². The lowest BCUT2D eigenvalue weighted by molar-refractivity contribution is -0.122. The van der Waals surface area contributed by atoms with E-state index >= 15 is 0 Å². The molecule has 3 saturated heterocycles. The minimum absolute atomic E-state index is 0. The summed E-state index contributed by atoms with van der Waals surface area (Å²) in [5.41, 5.74) is 0. The molecule has 24 heavy (non-hydrogen) atoms. The van der Waals surface area contributed by atoms with Crippen LogP contribution in [0.2, 0.25) is 0 Å². The van der Waals surface area contributed by atoms with Gasteiger partial charge in [-0.15, -0.1) is 24.8 Å². The first-order chi connectivity index (χ1) is 10.6. The quantitative estimate of drug-likeness (QED) is 0.745. The molecule has 3 heterocycles. The Hall–Kier alpha value is -0.0300. The number of carbonyl (C=O) groups excluding carboxylic acids is 1. The number of piperidine rings is 1. The second-order valence-electron chi connectivity index (χ2n) is 8.29. The van der Waals surface area contributed by atoms with Crippen LogP contribution in [-0.4, -0.2) is 49.1 Å². The summed E-state index contributed by atoms with van der Waals surface area (Å²) in [6.45, 7) is 9.00. The van der Waals surface area contributed by atoms with E-state index < -0.39 is 0 Å². The third-order valence-corrected chi connectivity index (χ3v) is 5.63. The fourth-order valence-corrected chi connectivity index (χ4v) is 4.70. The average molecular weight is 380 g/mol. The third-order valence-electron chi connectivity index (χ3n) is 5.63. The molecule has 0 radical (unpaired) electrons. The number of nitrogens with zero attached hydrogens (tertiary/aromatic N) is 1. The summed E-state index contributed by atoms with van der Waals surface area (Å²) in [7, 11) is 0. The van der Waals surface area contributed by atoms with Crippen LogP contribution in [0.25, 0.3) is 0 Å². The zero-order valence-electron chi connectivity index (χ0n) is 15.1. The normalized spacial score (nSPS) is 32.3. The van der Waals surface area contributed by atoms with Gasteiger partial charge in [0.2, 0.25) is 5.91 Å². The summed E-state index contributed by atoms with van der Waals surface area (Å²) in [5.74, 6) is 2.30. The Balaban J connectivity index is 0.00000144. The molecule has 2 bridgehead atoms. The van der Waals surface area contributed by atoms with E-state index in [4.69, 9.17) is 0 Å². The van der Waals surface area contributed by atoms with E-state index in [1.54, 1.807) is 0 Å². The van der Waals surface area contributed by atoms with Gasteiger partial charge in [0, 0.05) is 38.1 Å². The van der Waals surface area contributed by atoms with Crippen LogP contribution in [0.3, 0.4) is 0 Å². The number of fused-ring (bicyclic) bond motifs is 2. The minimum atomic E-state index is 0. The lowest BCUT2D eigenvalue weighted by Gasteiger charge is -2.28. The third kappa shape index (κ3) is 6.36. The van der Waals surface area contributed by atoms with E-state index in [2.05, 4.69) is 29.4 Å². The van der Waals surface area contributed by atoms with Gasteiger partial charge < -0.3 is 15.5 Å². The molecule has 0 aromatic rings. The summed E-state index contributed by atoms with van der Waals surface area (Å²) in [5, 5.41) is 6.86. The molecule has 3 unspecified atom stereocenters. The molecule has 3 atom stereocenters. The van der Waals surface area contributed by atoms with E-state index in [1.807, 2.05) is 0 Å². The molecular formula is C18H35Cl2N3O. The Morgan fingerprint density at radius 3 is 2.42 bits per heavy atom. The highest BCUT2D eigenvalue weighted by atomic mass is 35.5. The van der Waals surface area contributed by atoms with Gasteiger partial charge in [0.15, 0.2) is 0 Å². The zero-order valence-corrected chi connectivity index (χ0v) is 16.8. The number of hydrogen-bond acceptors (Lipinski definition) is 3. The molecule has 2 N–H and O–H groups in total. The van der Waals surface area contributed by atoms with Gasteiger partial charge in [0.05, 0.1) is 0 Å². The van der Waals surface area contributed by atoms with Crippen LogP contribution in [0.15, 0.2) is 0 Å². The fraction of sp³-hybridized carbons (Fsp3) is 0.944. The van der Waals surface area contributed by atoms with Crippen molar-refractivity contribution in [2.45, 2.75) is 64.5 Å². The topological polar surface area (TPSA) is 44.4 Å². The average Bonchev–Trinajstić information content (AvgIpc) is 3.02. The van der Waals surface area contributed by atoms with Crippen molar-refractivity contribution in [3.05, 3.63) is 0 Å². The summed E-state index contributed by atoms with van der Waals surface area (Å²) in [4.78, 5) is 14.8. The number of nitrogens with one attached hydrogen (secondary N) is 2. The Bertz CT molecular complexity index is 382. The second kappa shape index (κ2) is 10.2. The maximum atomic E-state index is 12.2. The van der Waals surface area contributed by atoms with Crippen molar-refractivity contribution in [1.29, 1.82) is 0 Å². The molecule has 3 aliphatic heterocycles. The van der Waals surface area contributed by atoms with Crippen molar-refractivity contribution in [3.63, 3.8) is 0 Å². The Kier molecular flexibility index (Phi) is 9.35. The van der Waals surface area contributed by atoms with Crippen LogP contribution >= 0.6 is 24.8 Å². The number of halogens is 2. The standard InChI is InChI=1S/C18H33N3O.2ClH/c1-13(2)11-21-6-5-14(12-21)10-19-18(22)9-15-7-16-3-4-17(8-15)20-16;;/h13-17,20H,3-12H2,1-2H3,(H,19,22);2*1H. The summed E-state index contributed by atoms with van der Waals surface area (Å²) < 4.78 is 0. The van der Waals surface area contributed by atoms with E-state index in [-0.39, 0.29) is 30.7 Å². The van der Waals surface area contributed by atoms with Gasteiger partial charge >= 0.3 is 0 Å². The van der Waals surface area contributed by atoms with E-state index in [9.17, 15) is 4.79 Å². The van der Waals surface area contributed by atoms with Crippen LogP contribution in [-0.2, 0) is 4.79 Å². The molecule has 0 aromatic heterocycles. The molecule has 3 rings (SSSR count). The molecule has 0 saturated carbocycles. The predicted octanol–water partition coefficient (Wildman–Crippen LogP) is 2.84. The molecule has 4 nitrogen and oxygen atoms in total. The van der Waals surface area contributed by atoms with Crippen LogP contribution in [0, 0.1) is 17.8 Å². The van der Waals surface area contributed by atoms with E-state index in [0.29, 0.717) is 23.9 Å². The second-order valence-corrected chi connectivity index (χ2v) is 8.29. The van der Waals surface area contributed by atoms with Gasteiger partial charge in [0.25, 0.3) is 0 Å². The van der Waals surface area contributed by atoms with Crippen LogP contribution in [0.1, 0.15) is 52.4 Å². The number of likely N-dealkylation sites (tertiary alicyclic amines) is 1. The largest absolute Gasteiger partial charge is 0.356 e. The number of hydrogen-bond donors (Lipinski definition) is 2. The molecule has 0 aliphatic carbocycles. The molecule has 0 aromatic carbocycles. The van der Waals surface area contributed by atoms with Crippen molar-refractivity contribution >= 4 is 30.7 Å². The van der Waals surface area contributed by atoms with Crippen molar-refractivity contribution in [2.24, 2.45) is 17.8 Å². The molecule has 1 amide bonds. The van der Waals surface area contributed by atoms with E-state index in [1.165, 1.54) is 45.2 Å². The number of amides is 1. The summed E-state index contributed by atoms with van der Waals surface area (Å²) >= 11 is 0. The van der Waals surface area contributed by atoms with Gasteiger partial charge in [-0.1, -0.05) is 13.8 Å². The zero-order chi connectivity index (χ0) is 15.5.